The molecule has 2 aliphatic rings. The summed E-state index contributed by atoms with van der Waals surface area (Å²) in [6, 6.07) is 7.21. The molecule has 2 heteroatoms. The number of rotatable bonds is 2. The molecule has 1 aromatic rings. The zero-order chi connectivity index (χ0) is 13.4. The highest BCUT2D eigenvalue weighted by molar-refractivity contribution is 5.46. The van der Waals surface area contributed by atoms with Gasteiger partial charge in [-0.3, -0.25) is 4.90 Å². The molecule has 2 N–H and O–H groups in total. The van der Waals surface area contributed by atoms with Crippen molar-refractivity contribution in [1.29, 1.82) is 0 Å². The fourth-order valence-electron chi connectivity index (χ4n) is 4.05. The topological polar surface area (TPSA) is 29.3 Å². The Labute approximate surface area is 117 Å². The Hall–Kier alpha value is -1.02. The van der Waals surface area contributed by atoms with Crippen molar-refractivity contribution in [2.24, 2.45) is 11.8 Å². The Morgan fingerprint density at radius 1 is 1.11 bits per heavy atom. The smallest absolute Gasteiger partial charge is 0.0317 e. The summed E-state index contributed by atoms with van der Waals surface area (Å²) in [6.45, 7) is 7.02. The van der Waals surface area contributed by atoms with Gasteiger partial charge in [-0.2, -0.15) is 0 Å². The molecule has 0 bridgehead atoms. The molecule has 0 saturated heterocycles. The number of nitrogen functional groups attached to an aromatic ring is 1. The van der Waals surface area contributed by atoms with E-state index in [2.05, 4.69) is 30.9 Å². The van der Waals surface area contributed by atoms with Crippen LogP contribution in [0.15, 0.2) is 18.2 Å². The van der Waals surface area contributed by atoms with Crippen molar-refractivity contribution in [3.05, 3.63) is 29.3 Å². The van der Waals surface area contributed by atoms with Gasteiger partial charge in [-0.1, -0.05) is 32.8 Å². The summed E-state index contributed by atoms with van der Waals surface area (Å²) in [5.41, 5.74) is 9.76. The second-order valence-corrected chi connectivity index (χ2v) is 6.69. The summed E-state index contributed by atoms with van der Waals surface area (Å²) in [4.78, 5) is 2.70. The largest absolute Gasteiger partial charge is 0.399 e. The van der Waals surface area contributed by atoms with Crippen LogP contribution in [0, 0.1) is 11.8 Å². The number of hydrogen-bond donors (Lipinski definition) is 1. The van der Waals surface area contributed by atoms with E-state index in [-0.39, 0.29) is 0 Å². The Balaban J connectivity index is 1.77. The standard InChI is InChI=1S/C17H26N2/c1-12(2)16-5-3-4-6-17(16)19-10-13-7-8-15(18)9-14(13)11-19/h7-9,12,16-17H,3-6,10-11,18H2,1-2H3. The van der Waals surface area contributed by atoms with Crippen molar-refractivity contribution in [3.8, 4) is 0 Å². The van der Waals surface area contributed by atoms with Crippen LogP contribution in [0.5, 0.6) is 0 Å². The molecule has 2 unspecified atom stereocenters. The molecule has 2 atom stereocenters. The van der Waals surface area contributed by atoms with Crippen LogP contribution in [-0.2, 0) is 13.1 Å². The molecule has 0 spiro atoms. The van der Waals surface area contributed by atoms with Crippen molar-refractivity contribution in [1.82, 2.24) is 4.90 Å². The Kier molecular flexibility index (Phi) is 3.53. The number of nitrogens with two attached hydrogens (primary N) is 1. The predicted octanol–water partition coefficient (Wildman–Crippen LogP) is 3.80. The van der Waals surface area contributed by atoms with E-state index in [0.717, 1.165) is 36.7 Å². The van der Waals surface area contributed by atoms with Crippen molar-refractivity contribution < 1.29 is 0 Å². The molecule has 0 radical (unpaired) electrons. The maximum Gasteiger partial charge on any atom is 0.0317 e. The molecule has 104 valence electrons. The van der Waals surface area contributed by atoms with Gasteiger partial charge < -0.3 is 5.73 Å². The third-order valence-corrected chi connectivity index (χ3v) is 5.08. The average Bonchev–Trinajstić information content (AvgIpc) is 2.81. The number of fused-ring (bicyclic) bond motifs is 1. The van der Waals surface area contributed by atoms with Gasteiger partial charge in [0, 0.05) is 24.8 Å². The number of anilines is 1. The lowest BCUT2D eigenvalue weighted by Gasteiger charge is -2.40. The summed E-state index contributed by atoms with van der Waals surface area (Å²) < 4.78 is 0. The molecule has 0 aromatic heterocycles. The quantitative estimate of drug-likeness (QED) is 0.818. The Morgan fingerprint density at radius 3 is 2.63 bits per heavy atom. The van der Waals surface area contributed by atoms with Crippen LogP contribution in [0.1, 0.15) is 50.7 Å². The fraction of sp³-hybridized carbons (Fsp3) is 0.647. The maximum absolute atomic E-state index is 5.91. The number of hydrogen-bond acceptors (Lipinski definition) is 2. The van der Waals surface area contributed by atoms with Gasteiger partial charge in [-0.15, -0.1) is 0 Å². The SMILES string of the molecule is CC(C)C1CCCCC1N1Cc2ccc(N)cc2C1. The van der Waals surface area contributed by atoms with Crippen molar-refractivity contribution in [2.75, 3.05) is 5.73 Å². The van der Waals surface area contributed by atoms with Crippen LogP contribution < -0.4 is 5.73 Å². The lowest BCUT2D eigenvalue weighted by Crippen LogP contribution is -2.41. The van der Waals surface area contributed by atoms with Crippen LogP contribution in [-0.4, -0.2) is 10.9 Å². The molecule has 1 aliphatic heterocycles. The van der Waals surface area contributed by atoms with Crippen molar-refractivity contribution >= 4 is 5.69 Å². The van der Waals surface area contributed by atoms with Crippen molar-refractivity contribution in [2.45, 2.75) is 58.7 Å². The average molecular weight is 258 g/mol. The first-order chi connectivity index (χ1) is 9.15. The molecule has 1 aromatic carbocycles. The second kappa shape index (κ2) is 5.16. The van der Waals surface area contributed by atoms with Gasteiger partial charge >= 0.3 is 0 Å². The summed E-state index contributed by atoms with van der Waals surface area (Å²) in [7, 11) is 0. The first kappa shape index (κ1) is 13.0. The third kappa shape index (κ3) is 2.51. The first-order valence-corrected chi connectivity index (χ1v) is 7.76. The Morgan fingerprint density at radius 2 is 1.84 bits per heavy atom. The molecule has 19 heavy (non-hydrogen) atoms. The molecule has 0 amide bonds. The lowest BCUT2D eigenvalue weighted by molar-refractivity contribution is 0.0765. The lowest BCUT2D eigenvalue weighted by atomic mass is 9.77. The summed E-state index contributed by atoms with van der Waals surface area (Å²) in [6.07, 6.45) is 5.62. The fourth-order valence-corrected chi connectivity index (χ4v) is 4.05. The van der Waals surface area contributed by atoms with Crippen LogP contribution >= 0.6 is 0 Å². The zero-order valence-electron chi connectivity index (χ0n) is 12.2. The van der Waals surface area contributed by atoms with E-state index in [4.69, 9.17) is 5.73 Å². The molecular formula is C17H26N2. The van der Waals surface area contributed by atoms with Crippen LogP contribution in [0.2, 0.25) is 0 Å². The highest BCUT2D eigenvalue weighted by Gasteiger charge is 2.34. The van der Waals surface area contributed by atoms with Crippen molar-refractivity contribution in [3.63, 3.8) is 0 Å². The van der Waals surface area contributed by atoms with E-state index in [9.17, 15) is 0 Å². The molecule has 1 fully saturated rings. The first-order valence-electron chi connectivity index (χ1n) is 7.76. The molecule has 3 rings (SSSR count). The minimum atomic E-state index is 0.780. The van der Waals surface area contributed by atoms with E-state index in [1.165, 1.54) is 36.8 Å². The predicted molar refractivity (Wildman–Crippen MR) is 80.7 cm³/mol. The summed E-state index contributed by atoms with van der Waals surface area (Å²) in [5.74, 6) is 1.68. The molecule has 1 heterocycles. The van der Waals surface area contributed by atoms with Crippen LogP contribution in [0.4, 0.5) is 5.69 Å². The minimum absolute atomic E-state index is 0.780. The van der Waals surface area contributed by atoms with Gasteiger partial charge in [0.25, 0.3) is 0 Å². The summed E-state index contributed by atoms with van der Waals surface area (Å²) >= 11 is 0. The number of nitrogens with zero attached hydrogens (tertiary/aromatic N) is 1. The number of benzene rings is 1. The van der Waals surface area contributed by atoms with Crippen LogP contribution in [0.3, 0.4) is 0 Å². The maximum atomic E-state index is 5.91. The molecular weight excluding hydrogens is 232 g/mol. The zero-order valence-corrected chi connectivity index (χ0v) is 12.2. The van der Waals surface area contributed by atoms with E-state index in [0.29, 0.717) is 0 Å². The van der Waals surface area contributed by atoms with E-state index < -0.39 is 0 Å². The summed E-state index contributed by atoms with van der Waals surface area (Å²) in [5, 5.41) is 0. The van der Waals surface area contributed by atoms with Crippen LogP contribution in [0.25, 0.3) is 0 Å². The van der Waals surface area contributed by atoms with Gasteiger partial charge in [-0.25, -0.2) is 0 Å². The van der Waals surface area contributed by atoms with Gasteiger partial charge in [0.05, 0.1) is 0 Å². The van der Waals surface area contributed by atoms with E-state index >= 15 is 0 Å². The highest BCUT2D eigenvalue weighted by Crippen LogP contribution is 2.37. The normalized spacial score (nSPS) is 27.7. The Bertz CT molecular complexity index is 453. The molecule has 1 aliphatic carbocycles. The molecule has 2 nitrogen and oxygen atoms in total. The third-order valence-electron chi connectivity index (χ3n) is 5.08. The van der Waals surface area contributed by atoms with E-state index in [1.54, 1.807) is 0 Å². The van der Waals surface area contributed by atoms with Gasteiger partial charge in [0.2, 0.25) is 0 Å². The van der Waals surface area contributed by atoms with Gasteiger partial charge in [0.15, 0.2) is 0 Å². The van der Waals surface area contributed by atoms with Gasteiger partial charge in [-0.05, 0) is 47.9 Å². The highest BCUT2D eigenvalue weighted by atomic mass is 15.2. The van der Waals surface area contributed by atoms with E-state index in [1.807, 2.05) is 6.07 Å². The second-order valence-electron chi connectivity index (χ2n) is 6.69. The molecule has 1 saturated carbocycles. The minimum Gasteiger partial charge on any atom is -0.399 e. The van der Waals surface area contributed by atoms with Gasteiger partial charge in [0.1, 0.15) is 0 Å². The monoisotopic (exact) mass is 258 g/mol.